The molecule has 1 saturated carbocycles. The molecule has 1 fully saturated rings. The summed E-state index contributed by atoms with van der Waals surface area (Å²) in [6.45, 7) is 12.0. The highest BCUT2D eigenvalue weighted by molar-refractivity contribution is 7.16. The van der Waals surface area contributed by atoms with Crippen molar-refractivity contribution in [3.05, 3.63) is 135 Å². The van der Waals surface area contributed by atoms with Gasteiger partial charge in [-0.25, -0.2) is 4.79 Å². The SMILES string of the molecule is CCCCC(CC)CN1C(=O)C2=C(c3ccc(-c4ccc5c(c4)C4CCCC4N5c4ccc(C)cc4)s3)N(CC(CC)CCCC)C(=O)C2=C1c1ccc(-c2ccc(/C=C(\C#N)C(=O)ON)o2)cc1. The number of fused-ring (bicyclic) bond motifs is 4. The molecule has 3 aliphatic heterocycles. The molecule has 2 aromatic heterocycles. The third-order valence-corrected chi connectivity index (χ3v) is 16.0. The number of nitrogens with two attached hydrogens (primary N) is 1. The van der Waals surface area contributed by atoms with Crippen molar-refractivity contribution in [3.63, 3.8) is 0 Å². The molecule has 4 aliphatic rings. The Morgan fingerprint density at radius 1 is 0.797 bits per heavy atom. The Morgan fingerprint density at radius 2 is 1.42 bits per heavy atom. The number of amides is 2. The summed E-state index contributed by atoms with van der Waals surface area (Å²) < 4.78 is 6.02. The van der Waals surface area contributed by atoms with Gasteiger partial charge >= 0.3 is 5.97 Å². The molecule has 4 unspecified atom stereocenters. The lowest BCUT2D eigenvalue weighted by Crippen LogP contribution is -2.34. The van der Waals surface area contributed by atoms with Crippen LogP contribution in [0.4, 0.5) is 11.4 Å². The van der Waals surface area contributed by atoms with Crippen LogP contribution in [0.5, 0.6) is 0 Å². The first-order valence-corrected chi connectivity index (χ1v) is 25.9. The Balaban J connectivity index is 1.13. The van der Waals surface area contributed by atoms with Gasteiger partial charge in [-0.15, -0.1) is 11.3 Å². The van der Waals surface area contributed by atoms with Crippen molar-refractivity contribution in [1.29, 1.82) is 5.26 Å². The van der Waals surface area contributed by atoms with Crippen LogP contribution in [-0.4, -0.2) is 46.7 Å². The van der Waals surface area contributed by atoms with E-state index in [1.165, 1.54) is 47.8 Å². The summed E-state index contributed by atoms with van der Waals surface area (Å²) in [5.41, 5.74) is 9.99. The molecular formula is C58H63N5O5S. The maximum atomic E-state index is 15.4. The summed E-state index contributed by atoms with van der Waals surface area (Å²) in [5.74, 6) is 5.64. The van der Waals surface area contributed by atoms with Crippen LogP contribution in [0.25, 0.3) is 39.2 Å². The topological polar surface area (TPSA) is 133 Å². The first kappa shape index (κ1) is 47.6. The molecule has 0 radical (unpaired) electrons. The van der Waals surface area contributed by atoms with E-state index in [2.05, 4.69) is 99.0 Å². The van der Waals surface area contributed by atoms with Crippen LogP contribution < -0.4 is 10.8 Å². The van der Waals surface area contributed by atoms with Crippen molar-refractivity contribution in [1.82, 2.24) is 9.80 Å². The van der Waals surface area contributed by atoms with Crippen molar-refractivity contribution in [2.45, 2.75) is 117 Å². The summed E-state index contributed by atoms with van der Waals surface area (Å²) in [7, 11) is 0. The lowest BCUT2D eigenvalue weighted by Gasteiger charge is -2.29. The van der Waals surface area contributed by atoms with Crippen molar-refractivity contribution in [3.8, 4) is 27.8 Å². The zero-order valence-corrected chi connectivity index (χ0v) is 41.4. The Bertz CT molecular complexity index is 2880. The predicted molar refractivity (Wildman–Crippen MR) is 275 cm³/mol. The summed E-state index contributed by atoms with van der Waals surface area (Å²) in [5, 5.41) is 9.44. The molecule has 2 amide bonds. The van der Waals surface area contributed by atoms with Gasteiger partial charge in [0, 0.05) is 52.9 Å². The van der Waals surface area contributed by atoms with E-state index in [1.54, 1.807) is 29.5 Å². The molecule has 0 saturated heterocycles. The monoisotopic (exact) mass is 941 g/mol. The van der Waals surface area contributed by atoms with E-state index in [0.717, 1.165) is 83.5 Å². The molecule has 5 heterocycles. The van der Waals surface area contributed by atoms with Gasteiger partial charge in [-0.2, -0.15) is 11.2 Å². The number of anilines is 2. The van der Waals surface area contributed by atoms with Crippen molar-refractivity contribution >= 4 is 58.0 Å². The standard InChI is InChI=1S/C58H63N5O5S/c1-6-10-13-37(8-3)34-61-54(40-21-19-39(20-22-40)49-28-26-44(67-49)31-42(33-59)58(66)68-60)52-53(57(61)65)55(62(56(52)64)35-38(9-4)14-11-7-2)51-30-29-50(69-51)41-23-27-48-46(32-41)45-15-12-16-47(45)63(48)43-24-17-36(5)18-25-43/h17-32,37-38,45,47H,6-16,34-35,60H2,1-5H3/b42-31+. The zero-order valence-electron chi connectivity index (χ0n) is 40.6. The van der Waals surface area contributed by atoms with E-state index in [0.29, 0.717) is 47.7 Å². The van der Waals surface area contributed by atoms with Crippen molar-refractivity contribution in [2.75, 3.05) is 18.0 Å². The molecule has 3 aromatic carbocycles. The molecule has 356 valence electrons. The second-order valence-corrected chi connectivity index (χ2v) is 20.3. The van der Waals surface area contributed by atoms with Gasteiger partial charge in [0.1, 0.15) is 23.2 Å². The number of benzene rings is 3. The number of hydrogen-bond donors (Lipinski definition) is 1. The Labute approximate surface area is 410 Å². The van der Waals surface area contributed by atoms with Gasteiger partial charge in [-0.05, 0) is 110 Å². The van der Waals surface area contributed by atoms with Gasteiger partial charge in [0.25, 0.3) is 11.8 Å². The summed E-state index contributed by atoms with van der Waals surface area (Å²) in [6.07, 6.45) is 13.0. The van der Waals surface area contributed by atoms with Crippen LogP contribution in [0, 0.1) is 30.1 Å². The Morgan fingerprint density at radius 3 is 2.06 bits per heavy atom. The van der Waals surface area contributed by atoms with Crippen LogP contribution in [-0.2, 0) is 19.2 Å². The summed E-state index contributed by atoms with van der Waals surface area (Å²) >= 11 is 1.68. The molecule has 1 aliphatic carbocycles. The second-order valence-electron chi connectivity index (χ2n) is 19.2. The number of thiophene rings is 1. The fourth-order valence-corrected chi connectivity index (χ4v) is 12.1. The first-order valence-electron chi connectivity index (χ1n) is 25.1. The van der Waals surface area contributed by atoms with Crippen LogP contribution in [0.15, 0.2) is 112 Å². The average molecular weight is 942 g/mol. The fourth-order valence-electron chi connectivity index (χ4n) is 11.0. The molecule has 69 heavy (non-hydrogen) atoms. The number of aryl methyl sites for hydroxylation is 1. The summed E-state index contributed by atoms with van der Waals surface area (Å²) in [4.78, 5) is 55.5. The minimum atomic E-state index is -0.959. The lowest BCUT2D eigenvalue weighted by molar-refractivity contribution is -0.139. The number of carbonyl (C=O) groups excluding carboxylic acids is 3. The maximum absolute atomic E-state index is 15.4. The van der Waals surface area contributed by atoms with Crippen LogP contribution in [0.1, 0.15) is 132 Å². The van der Waals surface area contributed by atoms with Crippen LogP contribution in [0.2, 0.25) is 0 Å². The van der Waals surface area contributed by atoms with E-state index >= 15 is 9.59 Å². The van der Waals surface area contributed by atoms with Crippen LogP contribution >= 0.6 is 11.3 Å². The first-order chi connectivity index (χ1) is 33.6. The highest BCUT2D eigenvalue weighted by Crippen LogP contribution is 2.54. The van der Waals surface area contributed by atoms with Gasteiger partial charge in [0.2, 0.25) is 0 Å². The van der Waals surface area contributed by atoms with E-state index < -0.39 is 5.97 Å². The smallest absolute Gasteiger partial charge is 0.367 e. The van der Waals surface area contributed by atoms with E-state index in [-0.39, 0.29) is 35.0 Å². The molecule has 0 spiro atoms. The number of nitriles is 1. The van der Waals surface area contributed by atoms with Gasteiger partial charge in [-0.1, -0.05) is 121 Å². The molecule has 5 aromatic rings. The summed E-state index contributed by atoms with van der Waals surface area (Å²) in [6, 6.07) is 33.6. The van der Waals surface area contributed by atoms with Gasteiger partial charge in [0.15, 0.2) is 0 Å². The largest absolute Gasteiger partial charge is 0.457 e. The third-order valence-electron chi connectivity index (χ3n) is 14.9. The molecule has 9 rings (SSSR count). The van der Waals surface area contributed by atoms with E-state index in [4.69, 9.17) is 10.3 Å². The molecule has 11 heteroatoms. The molecule has 4 atom stereocenters. The zero-order chi connectivity index (χ0) is 48.3. The molecule has 10 nitrogen and oxygen atoms in total. The normalized spacial score (nSPS) is 18.6. The lowest BCUT2D eigenvalue weighted by atomic mass is 9.95. The van der Waals surface area contributed by atoms with Gasteiger partial charge in [-0.3, -0.25) is 9.59 Å². The number of carbonyl (C=O) groups is 3. The minimum Gasteiger partial charge on any atom is -0.457 e. The Kier molecular flexibility index (Phi) is 14.2. The number of furan rings is 1. The third kappa shape index (κ3) is 9.13. The average Bonchev–Trinajstić information content (AvgIpc) is 4.25. The maximum Gasteiger partial charge on any atom is 0.367 e. The predicted octanol–water partition coefficient (Wildman–Crippen LogP) is 13.3. The van der Waals surface area contributed by atoms with Crippen LogP contribution in [0.3, 0.4) is 0 Å². The molecule has 2 N–H and O–H groups in total. The number of rotatable bonds is 19. The van der Waals surface area contributed by atoms with Gasteiger partial charge < -0.3 is 24.0 Å². The number of hydrogen-bond acceptors (Lipinski definition) is 9. The second kappa shape index (κ2) is 20.6. The van der Waals surface area contributed by atoms with E-state index in [1.807, 2.05) is 34.1 Å². The molecular weight excluding hydrogens is 879 g/mol. The number of nitrogens with zero attached hydrogens (tertiary/aromatic N) is 4. The highest BCUT2D eigenvalue weighted by atomic mass is 32.1. The van der Waals surface area contributed by atoms with Gasteiger partial charge in [0.05, 0.1) is 27.4 Å². The van der Waals surface area contributed by atoms with Crippen molar-refractivity contribution < 1.29 is 23.6 Å². The highest BCUT2D eigenvalue weighted by Gasteiger charge is 2.50. The fraction of sp³-hybridized carbons (Fsp3) is 0.379. The molecule has 0 bridgehead atoms. The Hall–Kier alpha value is -6.48. The van der Waals surface area contributed by atoms with E-state index in [9.17, 15) is 10.1 Å². The van der Waals surface area contributed by atoms with Crippen molar-refractivity contribution in [2.24, 2.45) is 17.7 Å². The number of unbranched alkanes of at least 4 members (excludes halogenated alkanes) is 2. The quantitative estimate of drug-likeness (QED) is 0.0491. The minimum absolute atomic E-state index is 0.116.